The van der Waals surface area contributed by atoms with Gasteiger partial charge in [0.1, 0.15) is 0 Å². The van der Waals surface area contributed by atoms with Crippen molar-refractivity contribution in [2.45, 2.75) is 45.7 Å². The third-order valence-corrected chi connectivity index (χ3v) is 4.14. The molecular formula is C17H26F2N2. The van der Waals surface area contributed by atoms with Crippen LogP contribution in [-0.2, 0) is 0 Å². The number of nitrogens with one attached hydrogen (secondary N) is 1. The second-order valence-corrected chi connectivity index (χ2v) is 6.53. The Labute approximate surface area is 126 Å². The maximum atomic E-state index is 13.3. The molecule has 0 saturated carbocycles. The lowest BCUT2D eigenvalue weighted by molar-refractivity contribution is 0.175. The number of halogens is 2. The van der Waals surface area contributed by atoms with Crippen LogP contribution in [0.25, 0.3) is 0 Å². The smallest absolute Gasteiger partial charge is 0.159 e. The van der Waals surface area contributed by atoms with Crippen molar-refractivity contribution in [3.8, 4) is 0 Å². The standard InChI is InChI=1S/C17H26F2N2/c1-12(2)11-21-8-6-15(7-9-21)20-13(3)14-4-5-16(18)17(19)10-14/h4-5,10,12-13,15,20H,6-9,11H2,1-3H3. The highest BCUT2D eigenvalue weighted by Crippen LogP contribution is 2.19. The number of likely N-dealkylation sites (tertiary alicyclic amines) is 1. The minimum Gasteiger partial charge on any atom is -0.307 e. The first-order chi connectivity index (χ1) is 9.95. The van der Waals surface area contributed by atoms with Gasteiger partial charge in [0.2, 0.25) is 0 Å². The van der Waals surface area contributed by atoms with Gasteiger partial charge in [-0.05, 0) is 56.5 Å². The second-order valence-electron chi connectivity index (χ2n) is 6.53. The minimum absolute atomic E-state index is 0.0433. The molecule has 1 atom stereocenters. The Hall–Kier alpha value is -1.00. The van der Waals surface area contributed by atoms with E-state index >= 15 is 0 Å². The molecule has 1 unspecified atom stereocenters. The van der Waals surface area contributed by atoms with Gasteiger partial charge < -0.3 is 10.2 Å². The number of nitrogens with zero attached hydrogens (tertiary/aromatic N) is 1. The molecule has 0 bridgehead atoms. The fourth-order valence-corrected chi connectivity index (χ4v) is 3.03. The second kappa shape index (κ2) is 7.32. The predicted octanol–water partition coefficient (Wildman–Crippen LogP) is 3.74. The minimum atomic E-state index is -0.784. The van der Waals surface area contributed by atoms with Crippen LogP contribution >= 0.6 is 0 Å². The van der Waals surface area contributed by atoms with Crippen molar-refractivity contribution in [1.82, 2.24) is 10.2 Å². The molecule has 1 fully saturated rings. The van der Waals surface area contributed by atoms with E-state index in [1.165, 1.54) is 12.1 Å². The Bertz CT molecular complexity index is 454. The van der Waals surface area contributed by atoms with E-state index in [0.717, 1.165) is 38.0 Å². The molecule has 0 aromatic heterocycles. The van der Waals surface area contributed by atoms with E-state index in [4.69, 9.17) is 0 Å². The van der Waals surface area contributed by atoms with E-state index < -0.39 is 11.6 Å². The molecule has 1 aromatic carbocycles. The molecule has 1 aliphatic rings. The van der Waals surface area contributed by atoms with E-state index in [0.29, 0.717) is 12.0 Å². The monoisotopic (exact) mass is 296 g/mol. The van der Waals surface area contributed by atoms with Crippen molar-refractivity contribution in [2.24, 2.45) is 5.92 Å². The Morgan fingerprint density at radius 2 is 1.81 bits per heavy atom. The van der Waals surface area contributed by atoms with Crippen LogP contribution < -0.4 is 5.32 Å². The summed E-state index contributed by atoms with van der Waals surface area (Å²) in [5, 5.41) is 3.54. The third-order valence-electron chi connectivity index (χ3n) is 4.14. The molecule has 21 heavy (non-hydrogen) atoms. The van der Waals surface area contributed by atoms with Gasteiger partial charge in [0.25, 0.3) is 0 Å². The lowest BCUT2D eigenvalue weighted by Crippen LogP contribution is -2.44. The van der Waals surface area contributed by atoms with Gasteiger partial charge in [-0.25, -0.2) is 8.78 Å². The number of piperidine rings is 1. The summed E-state index contributed by atoms with van der Waals surface area (Å²) in [5.74, 6) is -0.850. The highest BCUT2D eigenvalue weighted by Gasteiger charge is 2.21. The Balaban J connectivity index is 1.84. The first-order valence-electron chi connectivity index (χ1n) is 7.89. The average Bonchev–Trinajstić information content (AvgIpc) is 2.43. The van der Waals surface area contributed by atoms with Gasteiger partial charge in [0.15, 0.2) is 11.6 Å². The molecule has 1 heterocycles. The number of benzene rings is 1. The molecule has 2 nitrogen and oxygen atoms in total. The molecule has 2 rings (SSSR count). The summed E-state index contributed by atoms with van der Waals surface area (Å²) in [6.07, 6.45) is 2.22. The molecule has 0 amide bonds. The Kier molecular flexibility index (Phi) is 5.71. The van der Waals surface area contributed by atoms with Crippen LogP contribution in [0.5, 0.6) is 0 Å². The lowest BCUT2D eigenvalue weighted by Gasteiger charge is -2.34. The van der Waals surface area contributed by atoms with Crippen molar-refractivity contribution in [3.05, 3.63) is 35.4 Å². The number of rotatable bonds is 5. The van der Waals surface area contributed by atoms with Crippen molar-refractivity contribution in [2.75, 3.05) is 19.6 Å². The average molecular weight is 296 g/mol. The number of hydrogen-bond donors (Lipinski definition) is 1. The molecule has 1 N–H and O–H groups in total. The maximum absolute atomic E-state index is 13.3. The summed E-state index contributed by atoms with van der Waals surface area (Å²) in [7, 11) is 0. The zero-order valence-corrected chi connectivity index (χ0v) is 13.2. The summed E-state index contributed by atoms with van der Waals surface area (Å²) < 4.78 is 26.2. The molecule has 4 heteroatoms. The van der Waals surface area contributed by atoms with Crippen LogP contribution in [0, 0.1) is 17.6 Å². The van der Waals surface area contributed by atoms with Crippen molar-refractivity contribution in [1.29, 1.82) is 0 Å². The van der Waals surface area contributed by atoms with E-state index in [9.17, 15) is 8.78 Å². The number of hydrogen-bond acceptors (Lipinski definition) is 2. The van der Waals surface area contributed by atoms with Crippen molar-refractivity contribution >= 4 is 0 Å². The molecule has 1 aromatic rings. The molecule has 0 spiro atoms. The summed E-state index contributed by atoms with van der Waals surface area (Å²) in [5.41, 5.74) is 0.804. The van der Waals surface area contributed by atoms with Gasteiger partial charge in [-0.3, -0.25) is 0 Å². The fourth-order valence-electron chi connectivity index (χ4n) is 3.03. The van der Waals surface area contributed by atoms with Gasteiger partial charge in [-0.1, -0.05) is 19.9 Å². The van der Waals surface area contributed by atoms with Crippen LogP contribution in [0.3, 0.4) is 0 Å². The van der Waals surface area contributed by atoms with Gasteiger partial charge in [-0.2, -0.15) is 0 Å². The SMILES string of the molecule is CC(C)CN1CCC(NC(C)c2ccc(F)c(F)c2)CC1. The van der Waals surface area contributed by atoms with Crippen LogP contribution in [0.1, 0.15) is 45.2 Å². The zero-order chi connectivity index (χ0) is 15.4. The fraction of sp³-hybridized carbons (Fsp3) is 0.647. The molecular weight excluding hydrogens is 270 g/mol. The third kappa shape index (κ3) is 4.75. The topological polar surface area (TPSA) is 15.3 Å². The first kappa shape index (κ1) is 16.4. The van der Waals surface area contributed by atoms with Crippen LogP contribution in [0.4, 0.5) is 8.78 Å². The summed E-state index contributed by atoms with van der Waals surface area (Å²) >= 11 is 0. The summed E-state index contributed by atoms with van der Waals surface area (Å²) in [6.45, 7) is 9.88. The molecule has 1 aliphatic heterocycles. The van der Waals surface area contributed by atoms with Crippen LogP contribution in [0.15, 0.2) is 18.2 Å². The van der Waals surface area contributed by atoms with Crippen molar-refractivity contribution in [3.63, 3.8) is 0 Å². The normalized spacial score (nSPS) is 19.1. The van der Waals surface area contributed by atoms with Crippen molar-refractivity contribution < 1.29 is 8.78 Å². The Morgan fingerprint density at radius 1 is 1.14 bits per heavy atom. The molecule has 118 valence electrons. The van der Waals surface area contributed by atoms with Gasteiger partial charge >= 0.3 is 0 Å². The first-order valence-corrected chi connectivity index (χ1v) is 7.89. The van der Waals surface area contributed by atoms with E-state index in [1.54, 1.807) is 6.07 Å². The van der Waals surface area contributed by atoms with Gasteiger partial charge in [0.05, 0.1) is 0 Å². The van der Waals surface area contributed by atoms with Crippen LogP contribution in [-0.4, -0.2) is 30.6 Å². The van der Waals surface area contributed by atoms with Crippen LogP contribution in [0.2, 0.25) is 0 Å². The Morgan fingerprint density at radius 3 is 2.38 bits per heavy atom. The van der Waals surface area contributed by atoms with E-state index in [2.05, 4.69) is 24.1 Å². The lowest BCUT2D eigenvalue weighted by atomic mass is 10.0. The summed E-state index contributed by atoms with van der Waals surface area (Å²) in [6, 6.07) is 4.65. The quantitative estimate of drug-likeness (QED) is 0.890. The largest absolute Gasteiger partial charge is 0.307 e. The molecule has 1 saturated heterocycles. The van der Waals surface area contributed by atoms with Gasteiger partial charge in [-0.15, -0.1) is 0 Å². The summed E-state index contributed by atoms with van der Waals surface area (Å²) in [4.78, 5) is 2.51. The van der Waals surface area contributed by atoms with E-state index in [1.807, 2.05) is 6.92 Å². The molecule has 0 radical (unpaired) electrons. The zero-order valence-electron chi connectivity index (χ0n) is 13.2. The highest BCUT2D eigenvalue weighted by molar-refractivity contribution is 5.20. The molecule has 0 aliphatic carbocycles. The predicted molar refractivity (Wildman–Crippen MR) is 82.2 cm³/mol. The maximum Gasteiger partial charge on any atom is 0.159 e. The van der Waals surface area contributed by atoms with E-state index in [-0.39, 0.29) is 6.04 Å². The van der Waals surface area contributed by atoms with Gasteiger partial charge in [0, 0.05) is 18.6 Å². The highest BCUT2D eigenvalue weighted by atomic mass is 19.2.